The summed E-state index contributed by atoms with van der Waals surface area (Å²) >= 11 is 6.03. The minimum Gasteiger partial charge on any atom is -0.355 e. The Balaban J connectivity index is 1.39. The summed E-state index contributed by atoms with van der Waals surface area (Å²) in [6, 6.07) is 10.7. The molecule has 2 saturated heterocycles. The molecule has 2 aliphatic rings. The molecule has 4 rings (SSSR count). The van der Waals surface area contributed by atoms with Gasteiger partial charge in [-0.25, -0.2) is 4.98 Å². The van der Waals surface area contributed by atoms with Crippen molar-refractivity contribution in [3.63, 3.8) is 0 Å². The first-order chi connectivity index (χ1) is 16.9. The van der Waals surface area contributed by atoms with Crippen LogP contribution in [0.5, 0.6) is 0 Å². The summed E-state index contributed by atoms with van der Waals surface area (Å²) in [5, 5.41) is 16.1. The van der Waals surface area contributed by atoms with Crippen LogP contribution in [-0.4, -0.2) is 61.0 Å². The van der Waals surface area contributed by atoms with E-state index < -0.39 is 0 Å². The van der Waals surface area contributed by atoms with Crippen molar-refractivity contribution in [2.75, 3.05) is 43.4 Å². The number of nitrogens with zero attached hydrogens (tertiary/aromatic N) is 4. The van der Waals surface area contributed by atoms with Gasteiger partial charge in [0.2, 0.25) is 5.91 Å². The molecule has 8 nitrogen and oxygen atoms in total. The Bertz CT molecular complexity index is 1100. The van der Waals surface area contributed by atoms with Crippen LogP contribution in [0.3, 0.4) is 0 Å². The van der Waals surface area contributed by atoms with Gasteiger partial charge in [0.05, 0.1) is 11.3 Å². The lowest BCUT2D eigenvalue weighted by molar-refractivity contribution is -0.133. The monoisotopic (exact) mass is 494 g/mol. The maximum absolute atomic E-state index is 12.9. The number of benzene rings is 1. The predicted octanol–water partition coefficient (Wildman–Crippen LogP) is 3.68. The number of nitrogens with one attached hydrogen (secondary N) is 2. The zero-order valence-corrected chi connectivity index (χ0v) is 20.7. The first-order valence-electron chi connectivity index (χ1n) is 12.1. The van der Waals surface area contributed by atoms with Crippen molar-refractivity contribution >= 4 is 34.9 Å². The number of carbonyl (C=O) groups is 2. The van der Waals surface area contributed by atoms with Gasteiger partial charge in [-0.2, -0.15) is 5.26 Å². The highest BCUT2D eigenvalue weighted by Crippen LogP contribution is 2.30. The van der Waals surface area contributed by atoms with Gasteiger partial charge in [0.25, 0.3) is 5.91 Å². The Labute approximate surface area is 211 Å². The highest BCUT2D eigenvalue weighted by molar-refractivity contribution is 6.31. The minimum atomic E-state index is -0.314. The summed E-state index contributed by atoms with van der Waals surface area (Å²) in [6.45, 7) is 3.35. The molecule has 9 heteroatoms. The second-order valence-corrected chi connectivity index (χ2v) is 9.75. The molecule has 0 bridgehead atoms. The summed E-state index contributed by atoms with van der Waals surface area (Å²) in [7, 11) is 1.92. The van der Waals surface area contributed by atoms with Crippen LogP contribution in [0.15, 0.2) is 36.5 Å². The zero-order chi connectivity index (χ0) is 24.8. The fourth-order valence-electron chi connectivity index (χ4n) is 4.79. The molecule has 2 N–H and O–H groups in total. The molecule has 0 aliphatic carbocycles. The number of carbonyl (C=O) groups excluding carboxylic acids is 2. The van der Waals surface area contributed by atoms with E-state index in [0.717, 1.165) is 51.9 Å². The SMILES string of the molecule is CN(C(=O)CC1CCN(c2ncc(C#N)cc2NC(=O)c2cccc(Cl)c2)CC1)C1CCCNC1. The van der Waals surface area contributed by atoms with Crippen molar-refractivity contribution in [2.45, 2.75) is 38.1 Å². The van der Waals surface area contributed by atoms with E-state index in [9.17, 15) is 14.9 Å². The van der Waals surface area contributed by atoms with Gasteiger partial charge in [-0.3, -0.25) is 9.59 Å². The fourth-order valence-corrected chi connectivity index (χ4v) is 4.98. The molecule has 35 heavy (non-hydrogen) atoms. The smallest absolute Gasteiger partial charge is 0.255 e. The molecule has 2 amide bonds. The largest absolute Gasteiger partial charge is 0.355 e. The lowest BCUT2D eigenvalue weighted by atomic mass is 9.92. The van der Waals surface area contributed by atoms with Crippen LogP contribution < -0.4 is 15.5 Å². The average Bonchev–Trinajstić information content (AvgIpc) is 2.89. The van der Waals surface area contributed by atoms with Gasteiger partial charge in [0, 0.05) is 55.9 Å². The summed E-state index contributed by atoms with van der Waals surface area (Å²) in [5.41, 5.74) is 1.30. The molecule has 1 atom stereocenters. The van der Waals surface area contributed by atoms with Crippen LogP contribution in [0, 0.1) is 17.2 Å². The van der Waals surface area contributed by atoms with Crippen LogP contribution in [0.1, 0.15) is 48.0 Å². The van der Waals surface area contributed by atoms with Crippen molar-refractivity contribution in [1.29, 1.82) is 5.26 Å². The van der Waals surface area contributed by atoms with Gasteiger partial charge in [-0.15, -0.1) is 0 Å². The molecule has 2 aromatic rings. The molecule has 3 heterocycles. The number of piperidine rings is 2. The molecule has 1 aromatic carbocycles. The summed E-state index contributed by atoms with van der Waals surface area (Å²) in [4.78, 5) is 34.2. The first kappa shape index (κ1) is 25.0. The Morgan fingerprint density at radius 3 is 2.77 bits per heavy atom. The number of halogens is 1. The van der Waals surface area contributed by atoms with Crippen LogP contribution in [-0.2, 0) is 4.79 Å². The number of pyridine rings is 1. The number of aromatic nitrogens is 1. The standard InChI is InChI=1S/C26H31ClN6O2/c1-32(22-6-3-9-29-17-22)24(34)13-18-7-10-33(11-8-18)25-23(12-19(15-28)16-30-25)31-26(35)20-4-2-5-21(27)14-20/h2,4-5,12,14,16,18,22,29H,3,6-11,13,17H2,1H3,(H,31,35). The van der Waals surface area contributed by atoms with Crippen molar-refractivity contribution in [2.24, 2.45) is 5.92 Å². The number of rotatable bonds is 6. The Morgan fingerprint density at radius 1 is 1.29 bits per heavy atom. The molecule has 0 radical (unpaired) electrons. The lowest BCUT2D eigenvalue weighted by Crippen LogP contribution is -2.47. The maximum Gasteiger partial charge on any atom is 0.255 e. The number of amides is 2. The van der Waals surface area contributed by atoms with E-state index >= 15 is 0 Å². The molecule has 0 saturated carbocycles. The zero-order valence-electron chi connectivity index (χ0n) is 20.0. The van der Waals surface area contributed by atoms with E-state index in [1.807, 2.05) is 11.9 Å². The molecule has 184 valence electrons. The van der Waals surface area contributed by atoms with E-state index in [1.165, 1.54) is 6.20 Å². The van der Waals surface area contributed by atoms with Crippen molar-refractivity contribution in [3.05, 3.63) is 52.7 Å². The average molecular weight is 495 g/mol. The molecule has 2 aliphatic heterocycles. The quantitative estimate of drug-likeness (QED) is 0.635. The predicted molar refractivity (Wildman–Crippen MR) is 137 cm³/mol. The molecule has 1 aromatic heterocycles. The van der Waals surface area contributed by atoms with Crippen LogP contribution in [0.25, 0.3) is 0 Å². The van der Waals surface area contributed by atoms with Crippen LogP contribution in [0.2, 0.25) is 5.02 Å². The number of likely N-dealkylation sites (N-methyl/N-ethyl adjacent to an activating group) is 1. The van der Waals surface area contributed by atoms with Gasteiger partial charge in [0.1, 0.15) is 6.07 Å². The molecular weight excluding hydrogens is 464 g/mol. The normalized spacial score (nSPS) is 18.5. The van der Waals surface area contributed by atoms with Crippen LogP contribution >= 0.6 is 11.6 Å². The fraction of sp³-hybridized carbons (Fsp3) is 0.462. The van der Waals surface area contributed by atoms with Crippen molar-refractivity contribution in [1.82, 2.24) is 15.2 Å². The van der Waals surface area contributed by atoms with E-state index in [2.05, 4.69) is 26.6 Å². The van der Waals surface area contributed by atoms with Crippen molar-refractivity contribution < 1.29 is 9.59 Å². The van der Waals surface area contributed by atoms with Gasteiger partial charge in [-0.05, 0) is 62.4 Å². The number of nitriles is 1. The van der Waals surface area contributed by atoms with E-state index in [1.54, 1.807) is 30.3 Å². The number of hydrogen-bond donors (Lipinski definition) is 2. The van der Waals surface area contributed by atoms with E-state index in [4.69, 9.17) is 11.6 Å². The topological polar surface area (TPSA) is 101 Å². The molecule has 2 fully saturated rings. The van der Waals surface area contributed by atoms with E-state index in [-0.39, 0.29) is 17.9 Å². The third kappa shape index (κ3) is 6.30. The number of hydrogen-bond acceptors (Lipinski definition) is 6. The summed E-state index contributed by atoms with van der Waals surface area (Å²) < 4.78 is 0. The highest BCUT2D eigenvalue weighted by Gasteiger charge is 2.28. The Morgan fingerprint density at radius 2 is 2.09 bits per heavy atom. The molecule has 0 spiro atoms. The molecular formula is C26H31ClN6O2. The maximum atomic E-state index is 12.9. The number of anilines is 2. The first-order valence-corrected chi connectivity index (χ1v) is 12.5. The third-order valence-corrected chi connectivity index (χ3v) is 7.16. The van der Waals surface area contributed by atoms with Gasteiger partial charge in [0.15, 0.2) is 5.82 Å². The lowest BCUT2D eigenvalue weighted by Gasteiger charge is -2.36. The Hall–Kier alpha value is -3.15. The highest BCUT2D eigenvalue weighted by atomic mass is 35.5. The summed E-state index contributed by atoms with van der Waals surface area (Å²) in [6.07, 6.45) is 5.97. The minimum absolute atomic E-state index is 0.211. The van der Waals surface area contributed by atoms with Crippen molar-refractivity contribution in [3.8, 4) is 6.07 Å². The second kappa shape index (κ2) is 11.5. The van der Waals surface area contributed by atoms with E-state index in [0.29, 0.717) is 40.0 Å². The Kier molecular flexibility index (Phi) is 8.21. The third-order valence-electron chi connectivity index (χ3n) is 6.92. The van der Waals surface area contributed by atoms with Gasteiger partial charge in [-0.1, -0.05) is 17.7 Å². The van der Waals surface area contributed by atoms with Gasteiger partial charge < -0.3 is 20.4 Å². The second-order valence-electron chi connectivity index (χ2n) is 9.31. The molecule has 1 unspecified atom stereocenters. The van der Waals surface area contributed by atoms with Crippen LogP contribution in [0.4, 0.5) is 11.5 Å². The van der Waals surface area contributed by atoms with Gasteiger partial charge >= 0.3 is 0 Å². The summed E-state index contributed by atoms with van der Waals surface area (Å²) in [5.74, 6) is 0.852.